The Balaban J connectivity index is 3.53. The van der Waals surface area contributed by atoms with Crippen molar-refractivity contribution in [3.8, 4) is 0 Å². The monoisotopic (exact) mass is 956 g/mol. The van der Waals surface area contributed by atoms with Gasteiger partial charge in [0.25, 0.3) is 0 Å². The molecule has 0 saturated carbocycles. The number of nitrogens with one attached hydrogen (secondary N) is 1. The number of allylic oxidation sites excluding steroid dienone is 6. The maximum atomic E-state index is 12.5. The number of aliphatic hydroxyl groups is 2. The number of carbonyl (C=O) groups excluding carboxylic acids is 2. The van der Waals surface area contributed by atoms with Crippen LogP contribution in [0.1, 0.15) is 322 Å². The van der Waals surface area contributed by atoms with E-state index in [1.807, 2.05) is 6.08 Å². The minimum absolute atomic E-state index is 0.0257. The van der Waals surface area contributed by atoms with Gasteiger partial charge in [0.2, 0.25) is 5.91 Å². The van der Waals surface area contributed by atoms with Gasteiger partial charge < -0.3 is 20.3 Å². The van der Waals surface area contributed by atoms with Gasteiger partial charge in [0.05, 0.1) is 25.4 Å². The number of carbonyl (C=O) groups is 2. The summed E-state index contributed by atoms with van der Waals surface area (Å²) in [5.41, 5.74) is 0. The van der Waals surface area contributed by atoms with E-state index >= 15 is 0 Å². The Morgan fingerprint density at radius 3 is 1.18 bits per heavy atom. The van der Waals surface area contributed by atoms with Gasteiger partial charge in [-0.3, -0.25) is 9.59 Å². The van der Waals surface area contributed by atoms with Crippen LogP contribution in [0.25, 0.3) is 0 Å². The highest BCUT2D eigenvalue weighted by Crippen LogP contribution is 2.17. The van der Waals surface area contributed by atoms with E-state index in [1.54, 1.807) is 0 Å². The standard InChI is InChI=1S/C62H117NO5/c1-3-5-7-9-11-13-15-17-18-19-20-21-22-23-24-25-26-27-28-31-34-38-42-46-50-54-60(65)59(58-64)63-61(66)55-51-47-43-39-35-32-29-33-37-41-45-49-53-57-68-62(67)56-52-48-44-40-36-30-16-14-12-10-8-6-4-2/h14,16,32,35,43,47,59-60,64-65H,3-13,15,17-31,33-34,36-42,44-46,48-58H2,1-2H3,(H,63,66)/b16-14-,35-32-,47-43-. The van der Waals surface area contributed by atoms with E-state index in [4.69, 9.17) is 4.74 Å². The van der Waals surface area contributed by atoms with Crippen LogP contribution >= 0.6 is 0 Å². The summed E-state index contributed by atoms with van der Waals surface area (Å²) in [6, 6.07) is -0.587. The van der Waals surface area contributed by atoms with Crippen molar-refractivity contribution in [2.45, 2.75) is 334 Å². The average Bonchev–Trinajstić information content (AvgIpc) is 3.34. The fourth-order valence-corrected chi connectivity index (χ4v) is 9.27. The second kappa shape index (κ2) is 57.7. The van der Waals surface area contributed by atoms with Crippen LogP contribution < -0.4 is 5.32 Å². The predicted molar refractivity (Wildman–Crippen MR) is 296 cm³/mol. The van der Waals surface area contributed by atoms with Crippen molar-refractivity contribution in [2.75, 3.05) is 13.2 Å². The number of ether oxygens (including phenoxy) is 1. The van der Waals surface area contributed by atoms with E-state index < -0.39 is 12.1 Å². The molecule has 1 amide bonds. The third kappa shape index (κ3) is 53.4. The van der Waals surface area contributed by atoms with Crippen molar-refractivity contribution >= 4 is 11.9 Å². The molecule has 0 fully saturated rings. The normalized spacial score (nSPS) is 12.8. The molecule has 3 N–H and O–H groups in total. The zero-order valence-corrected chi connectivity index (χ0v) is 45.6. The first-order chi connectivity index (χ1) is 33.5. The maximum absolute atomic E-state index is 12.5. The topological polar surface area (TPSA) is 95.9 Å². The molecular weight excluding hydrogens is 839 g/mol. The molecule has 0 aromatic heterocycles. The van der Waals surface area contributed by atoms with Crippen LogP contribution in [0.5, 0.6) is 0 Å². The Labute approximate surface area is 424 Å². The molecule has 6 heteroatoms. The van der Waals surface area contributed by atoms with Crippen molar-refractivity contribution in [2.24, 2.45) is 0 Å². The number of esters is 1. The van der Waals surface area contributed by atoms with Crippen LogP contribution in [0.2, 0.25) is 0 Å². The Morgan fingerprint density at radius 2 is 0.750 bits per heavy atom. The Morgan fingerprint density at radius 1 is 0.412 bits per heavy atom. The van der Waals surface area contributed by atoms with Crippen molar-refractivity contribution in [3.63, 3.8) is 0 Å². The number of rotatable bonds is 56. The SMILES string of the molecule is CCCCCC/C=C\CCCCCCCC(=O)OCCCCCCCC/C=C\C/C=C\CCC(=O)NC(CO)C(O)CCCCCCCCCCCCCCCCCCCCCCCCCCC. The van der Waals surface area contributed by atoms with Crippen molar-refractivity contribution in [1.29, 1.82) is 0 Å². The molecule has 0 aliphatic heterocycles. The molecule has 0 saturated heterocycles. The second-order valence-electron chi connectivity index (χ2n) is 20.7. The lowest BCUT2D eigenvalue weighted by atomic mass is 10.0. The van der Waals surface area contributed by atoms with Crippen molar-refractivity contribution in [1.82, 2.24) is 5.32 Å². The second-order valence-corrected chi connectivity index (χ2v) is 20.7. The summed E-state index contributed by atoms with van der Waals surface area (Å²) < 4.78 is 5.45. The van der Waals surface area contributed by atoms with Gasteiger partial charge in [-0.25, -0.2) is 0 Å². The van der Waals surface area contributed by atoms with Gasteiger partial charge in [-0.05, 0) is 70.6 Å². The lowest BCUT2D eigenvalue weighted by molar-refractivity contribution is -0.143. The van der Waals surface area contributed by atoms with Crippen LogP contribution in [-0.4, -0.2) is 47.4 Å². The highest BCUT2D eigenvalue weighted by atomic mass is 16.5. The summed E-state index contributed by atoms with van der Waals surface area (Å²) in [5, 5.41) is 23.3. The fraction of sp³-hybridized carbons (Fsp3) is 0.871. The summed E-state index contributed by atoms with van der Waals surface area (Å²) in [6.45, 7) is 4.89. The summed E-state index contributed by atoms with van der Waals surface area (Å²) in [7, 11) is 0. The van der Waals surface area contributed by atoms with Crippen molar-refractivity contribution in [3.05, 3.63) is 36.5 Å². The van der Waals surface area contributed by atoms with Gasteiger partial charge in [0.15, 0.2) is 0 Å². The van der Waals surface area contributed by atoms with E-state index in [0.29, 0.717) is 32.3 Å². The summed E-state index contributed by atoms with van der Waals surface area (Å²) in [6.07, 6.45) is 71.6. The number of hydrogen-bond donors (Lipinski definition) is 3. The summed E-state index contributed by atoms with van der Waals surface area (Å²) >= 11 is 0. The zero-order valence-electron chi connectivity index (χ0n) is 45.6. The molecule has 68 heavy (non-hydrogen) atoms. The smallest absolute Gasteiger partial charge is 0.305 e. The Kier molecular flexibility index (Phi) is 56.0. The van der Waals surface area contributed by atoms with Crippen molar-refractivity contribution < 1.29 is 24.5 Å². The van der Waals surface area contributed by atoms with Gasteiger partial charge in [-0.15, -0.1) is 0 Å². The molecule has 0 aromatic carbocycles. The first-order valence-corrected chi connectivity index (χ1v) is 30.2. The Hall–Kier alpha value is -1.92. The van der Waals surface area contributed by atoms with Crippen LogP contribution in [-0.2, 0) is 14.3 Å². The Bertz CT molecular complexity index is 1100. The minimum Gasteiger partial charge on any atom is -0.466 e. The molecule has 0 bridgehead atoms. The van der Waals surface area contributed by atoms with Crippen LogP contribution in [0.3, 0.4) is 0 Å². The van der Waals surface area contributed by atoms with E-state index in [0.717, 1.165) is 51.4 Å². The largest absolute Gasteiger partial charge is 0.466 e. The molecule has 2 atom stereocenters. The summed E-state index contributed by atoms with van der Waals surface area (Å²) in [5.74, 6) is -0.139. The van der Waals surface area contributed by atoms with Gasteiger partial charge in [0, 0.05) is 12.8 Å². The number of unbranched alkanes of at least 4 members (excludes halogenated alkanes) is 39. The van der Waals surface area contributed by atoms with Crippen LogP contribution in [0.15, 0.2) is 36.5 Å². The molecule has 6 nitrogen and oxygen atoms in total. The molecule has 0 radical (unpaired) electrons. The van der Waals surface area contributed by atoms with E-state index in [2.05, 4.69) is 49.5 Å². The molecular formula is C62H117NO5. The first-order valence-electron chi connectivity index (χ1n) is 30.2. The van der Waals surface area contributed by atoms with Gasteiger partial charge in [-0.1, -0.05) is 275 Å². The van der Waals surface area contributed by atoms with Crippen LogP contribution in [0, 0.1) is 0 Å². The molecule has 400 valence electrons. The lowest BCUT2D eigenvalue weighted by Gasteiger charge is -2.22. The fourth-order valence-electron chi connectivity index (χ4n) is 9.27. The number of aliphatic hydroxyl groups excluding tert-OH is 2. The van der Waals surface area contributed by atoms with E-state index in [9.17, 15) is 19.8 Å². The number of amides is 1. The van der Waals surface area contributed by atoms with Gasteiger partial charge >= 0.3 is 5.97 Å². The number of hydrogen-bond acceptors (Lipinski definition) is 5. The predicted octanol–water partition coefficient (Wildman–Crippen LogP) is 18.8. The van der Waals surface area contributed by atoms with E-state index in [-0.39, 0.29) is 18.5 Å². The lowest BCUT2D eigenvalue weighted by Crippen LogP contribution is -2.45. The molecule has 0 heterocycles. The molecule has 0 rings (SSSR count). The highest BCUT2D eigenvalue weighted by Gasteiger charge is 2.19. The third-order valence-corrected chi connectivity index (χ3v) is 13.9. The summed E-state index contributed by atoms with van der Waals surface area (Å²) in [4.78, 5) is 24.5. The minimum atomic E-state index is -0.701. The highest BCUT2D eigenvalue weighted by molar-refractivity contribution is 5.76. The molecule has 2 unspecified atom stereocenters. The van der Waals surface area contributed by atoms with Crippen LogP contribution in [0.4, 0.5) is 0 Å². The quantitative estimate of drug-likeness (QED) is 0.0321. The zero-order chi connectivity index (χ0) is 49.3. The van der Waals surface area contributed by atoms with Gasteiger partial charge in [-0.2, -0.15) is 0 Å². The average molecular weight is 957 g/mol. The molecule has 0 aliphatic carbocycles. The molecule has 0 aromatic rings. The molecule has 0 spiro atoms. The first kappa shape index (κ1) is 66.1. The third-order valence-electron chi connectivity index (χ3n) is 13.9. The molecule has 0 aliphatic rings. The van der Waals surface area contributed by atoms with E-state index in [1.165, 1.54) is 231 Å². The van der Waals surface area contributed by atoms with Gasteiger partial charge in [0.1, 0.15) is 0 Å². The maximum Gasteiger partial charge on any atom is 0.305 e.